The van der Waals surface area contributed by atoms with Gasteiger partial charge in [0, 0.05) is 6.54 Å². The van der Waals surface area contributed by atoms with Crippen LogP contribution in [0.5, 0.6) is 0 Å². The van der Waals surface area contributed by atoms with E-state index in [9.17, 15) is 4.79 Å². The van der Waals surface area contributed by atoms with Crippen LogP contribution in [-0.2, 0) is 4.74 Å². The van der Waals surface area contributed by atoms with Crippen LogP contribution in [-0.4, -0.2) is 37.2 Å². The molecule has 0 saturated carbocycles. The van der Waals surface area contributed by atoms with Crippen molar-refractivity contribution in [2.24, 2.45) is 5.73 Å². The normalized spacial score (nSPS) is 10.5. The molecule has 0 fully saturated rings. The number of hydrogen-bond acceptors (Lipinski definition) is 3. The SMILES string of the molecule is CCCN(CCC)CCCOC(N)=O. The Morgan fingerprint density at radius 3 is 2.21 bits per heavy atom. The van der Waals surface area contributed by atoms with Crippen molar-refractivity contribution in [1.29, 1.82) is 0 Å². The summed E-state index contributed by atoms with van der Waals surface area (Å²) in [5, 5.41) is 0. The Labute approximate surface area is 86.4 Å². The van der Waals surface area contributed by atoms with Crippen LogP contribution in [0, 0.1) is 0 Å². The highest BCUT2D eigenvalue weighted by molar-refractivity contribution is 5.64. The summed E-state index contributed by atoms with van der Waals surface area (Å²) < 4.78 is 4.66. The van der Waals surface area contributed by atoms with E-state index in [4.69, 9.17) is 5.73 Å². The minimum atomic E-state index is -0.678. The number of nitrogens with zero attached hydrogens (tertiary/aromatic N) is 1. The second kappa shape index (κ2) is 8.81. The third-order valence-corrected chi connectivity index (χ3v) is 1.94. The van der Waals surface area contributed by atoms with Gasteiger partial charge < -0.3 is 15.4 Å². The zero-order chi connectivity index (χ0) is 10.8. The summed E-state index contributed by atoms with van der Waals surface area (Å²) in [5.41, 5.74) is 4.85. The first kappa shape index (κ1) is 13.2. The van der Waals surface area contributed by atoms with Crippen molar-refractivity contribution in [3.05, 3.63) is 0 Å². The summed E-state index contributed by atoms with van der Waals surface area (Å²) in [4.78, 5) is 12.7. The van der Waals surface area contributed by atoms with Crippen molar-refractivity contribution in [2.45, 2.75) is 33.1 Å². The molecule has 0 bridgehead atoms. The summed E-state index contributed by atoms with van der Waals surface area (Å²) in [6, 6.07) is 0. The molecule has 0 aliphatic carbocycles. The molecule has 0 heterocycles. The third-order valence-electron chi connectivity index (χ3n) is 1.94. The van der Waals surface area contributed by atoms with Crippen molar-refractivity contribution < 1.29 is 9.53 Å². The van der Waals surface area contributed by atoms with E-state index in [-0.39, 0.29) is 0 Å². The number of rotatable bonds is 8. The molecule has 0 radical (unpaired) electrons. The topological polar surface area (TPSA) is 55.6 Å². The molecule has 0 atom stereocenters. The van der Waals surface area contributed by atoms with Gasteiger partial charge in [-0.2, -0.15) is 0 Å². The highest BCUT2D eigenvalue weighted by atomic mass is 16.5. The molecular formula is C10H22N2O2. The van der Waals surface area contributed by atoms with Crippen LogP contribution < -0.4 is 5.73 Å². The average molecular weight is 202 g/mol. The minimum absolute atomic E-state index is 0.430. The molecule has 4 nitrogen and oxygen atoms in total. The van der Waals surface area contributed by atoms with Crippen molar-refractivity contribution >= 4 is 6.09 Å². The fraction of sp³-hybridized carbons (Fsp3) is 0.900. The first-order valence-electron chi connectivity index (χ1n) is 5.35. The molecular weight excluding hydrogens is 180 g/mol. The molecule has 0 aromatic heterocycles. The number of amides is 1. The van der Waals surface area contributed by atoms with E-state index >= 15 is 0 Å². The second-order valence-corrected chi connectivity index (χ2v) is 3.36. The van der Waals surface area contributed by atoms with Gasteiger partial charge in [0.15, 0.2) is 0 Å². The van der Waals surface area contributed by atoms with Gasteiger partial charge in [0.25, 0.3) is 0 Å². The van der Waals surface area contributed by atoms with Crippen LogP contribution >= 0.6 is 0 Å². The Hall–Kier alpha value is -0.770. The number of primary amides is 1. The van der Waals surface area contributed by atoms with Crippen molar-refractivity contribution in [3.8, 4) is 0 Å². The molecule has 0 aliphatic heterocycles. The molecule has 2 N–H and O–H groups in total. The van der Waals surface area contributed by atoms with E-state index in [2.05, 4.69) is 23.5 Å². The first-order chi connectivity index (χ1) is 6.70. The zero-order valence-corrected chi connectivity index (χ0v) is 9.29. The largest absolute Gasteiger partial charge is 0.450 e. The Morgan fingerprint density at radius 2 is 1.79 bits per heavy atom. The smallest absolute Gasteiger partial charge is 0.404 e. The van der Waals surface area contributed by atoms with Gasteiger partial charge in [-0.1, -0.05) is 13.8 Å². The van der Waals surface area contributed by atoms with E-state index in [0.29, 0.717) is 6.61 Å². The summed E-state index contributed by atoms with van der Waals surface area (Å²) in [6.07, 6.45) is 2.51. The lowest BCUT2D eigenvalue weighted by Gasteiger charge is -2.20. The molecule has 0 unspecified atom stereocenters. The van der Waals surface area contributed by atoms with Crippen LogP contribution in [0.4, 0.5) is 4.79 Å². The molecule has 1 amide bonds. The molecule has 4 heteroatoms. The second-order valence-electron chi connectivity index (χ2n) is 3.36. The van der Waals surface area contributed by atoms with Crippen LogP contribution in [0.25, 0.3) is 0 Å². The maximum atomic E-state index is 10.3. The third kappa shape index (κ3) is 7.86. The van der Waals surface area contributed by atoms with Crippen molar-refractivity contribution in [1.82, 2.24) is 4.90 Å². The number of carbonyl (C=O) groups is 1. The van der Waals surface area contributed by atoms with Crippen LogP contribution in [0.15, 0.2) is 0 Å². The van der Waals surface area contributed by atoms with Gasteiger partial charge in [-0.3, -0.25) is 0 Å². The van der Waals surface area contributed by atoms with Crippen LogP contribution in [0.2, 0.25) is 0 Å². The van der Waals surface area contributed by atoms with Crippen molar-refractivity contribution in [3.63, 3.8) is 0 Å². The molecule has 0 saturated heterocycles. The highest BCUT2D eigenvalue weighted by Gasteiger charge is 2.02. The number of carbonyl (C=O) groups excluding carboxylic acids is 1. The first-order valence-corrected chi connectivity index (χ1v) is 5.35. The zero-order valence-electron chi connectivity index (χ0n) is 9.29. The highest BCUT2D eigenvalue weighted by Crippen LogP contribution is 1.96. The number of hydrogen-bond donors (Lipinski definition) is 1. The van der Waals surface area contributed by atoms with E-state index in [1.165, 1.54) is 0 Å². The summed E-state index contributed by atoms with van der Waals surface area (Å²) in [6.45, 7) is 7.98. The average Bonchev–Trinajstić information content (AvgIpc) is 2.12. The number of ether oxygens (including phenoxy) is 1. The lowest BCUT2D eigenvalue weighted by Crippen LogP contribution is -2.27. The standard InChI is InChI=1S/C10H22N2O2/c1-3-6-12(7-4-2)8-5-9-14-10(11)13/h3-9H2,1-2H3,(H2,11,13). The Morgan fingerprint density at radius 1 is 1.21 bits per heavy atom. The fourth-order valence-corrected chi connectivity index (χ4v) is 1.43. The van der Waals surface area contributed by atoms with Crippen LogP contribution in [0.3, 0.4) is 0 Å². The molecule has 0 spiro atoms. The number of nitrogens with two attached hydrogens (primary N) is 1. The Kier molecular flexibility index (Phi) is 8.33. The van der Waals surface area contributed by atoms with E-state index in [1.54, 1.807) is 0 Å². The molecule has 0 aliphatic rings. The Balaban J connectivity index is 3.44. The monoisotopic (exact) mass is 202 g/mol. The molecule has 0 aromatic rings. The van der Waals surface area contributed by atoms with Crippen LogP contribution in [0.1, 0.15) is 33.1 Å². The Bertz CT molecular complexity index is 145. The predicted octanol–water partition coefficient (Wildman–Crippen LogP) is 1.59. The van der Waals surface area contributed by atoms with Gasteiger partial charge in [0.05, 0.1) is 6.61 Å². The molecule has 0 aromatic carbocycles. The summed E-state index contributed by atoms with van der Waals surface area (Å²) >= 11 is 0. The molecule has 84 valence electrons. The van der Waals surface area contributed by atoms with Crippen molar-refractivity contribution in [2.75, 3.05) is 26.2 Å². The van der Waals surface area contributed by atoms with E-state index in [0.717, 1.165) is 38.9 Å². The van der Waals surface area contributed by atoms with Gasteiger partial charge in [0.2, 0.25) is 0 Å². The molecule has 14 heavy (non-hydrogen) atoms. The fourth-order valence-electron chi connectivity index (χ4n) is 1.43. The van der Waals surface area contributed by atoms with Gasteiger partial charge >= 0.3 is 6.09 Å². The molecule has 0 rings (SSSR count). The maximum absolute atomic E-state index is 10.3. The quantitative estimate of drug-likeness (QED) is 0.608. The van der Waals surface area contributed by atoms with Gasteiger partial charge in [-0.25, -0.2) is 4.79 Å². The lowest BCUT2D eigenvalue weighted by atomic mass is 10.3. The predicted molar refractivity (Wildman–Crippen MR) is 57.2 cm³/mol. The van der Waals surface area contributed by atoms with Gasteiger partial charge in [-0.15, -0.1) is 0 Å². The van der Waals surface area contributed by atoms with Gasteiger partial charge in [0.1, 0.15) is 0 Å². The van der Waals surface area contributed by atoms with Gasteiger partial charge in [-0.05, 0) is 32.4 Å². The lowest BCUT2D eigenvalue weighted by molar-refractivity contribution is 0.147. The minimum Gasteiger partial charge on any atom is -0.450 e. The maximum Gasteiger partial charge on any atom is 0.404 e. The summed E-state index contributed by atoms with van der Waals surface area (Å²) in [7, 11) is 0. The summed E-state index contributed by atoms with van der Waals surface area (Å²) in [5.74, 6) is 0. The van der Waals surface area contributed by atoms with E-state index in [1.807, 2.05) is 0 Å². The van der Waals surface area contributed by atoms with E-state index < -0.39 is 6.09 Å².